The molecule has 0 aromatic heterocycles. The van der Waals surface area contributed by atoms with Crippen LogP contribution in [0.25, 0.3) is 0 Å². The Kier molecular flexibility index (Phi) is 3.96. The summed E-state index contributed by atoms with van der Waals surface area (Å²) in [7, 11) is 1.41. The summed E-state index contributed by atoms with van der Waals surface area (Å²) in [6.45, 7) is 0.0195. The van der Waals surface area contributed by atoms with Crippen molar-refractivity contribution in [1.82, 2.24) is 0 Å². The van der Waals surface area contributed by atoms with Gasteiger partial charge in [-0.15, -0.1) is 0 Å². The van der Waals surface area contributed by atoms with Gasteiger partial charge in [0.15, 0.2) is 11.6 Å². The first-order valence-corrected chi connectivity index (χ1v) is 4.21. The van der Waals surface area contributed by atoms with Gasteiger partial charge < -0.3 is 9.84 Å². The summed E-state index contributed by atoms with van der Waals surface area (Å²) in [6.07, 6.45) is 0.396. The zero-order chi connectivity index (χ0) is 10.4. The van der Waals surface area contributed by atoms with Crippen LogP contribution < -0.4 is 4.74 Å². The molecule has 0 bridgehead atoms. The van der Waals surface area contributed by atoms with Gasteiger partial charge in [-0.05, 0) is 18.2 Å². The van der Waals surface area contributed by atoms with E-state index in [0.717, 1.165) is 0 Å². The van der Waals surface area contributed by atoms with E-state index in [1.165, 1.54) is 19.2 Å². The van der Waals surface area contributed by atoms with Gasteiger partial charge in [-0.2, -0.15) is 0 Å². The fraction of sp³-hybridized carbons (Fsp3) is 0.273. The predicted molar refractivity (Wildman–Crippen MR) is 51.5 cm³/mol. The Morgan fingerprint density at radius 3 is 2.86 bits per heavy atom. The van der Waals surface area contributed by atoms with E-state index in [1.54, 1.807) is 6.07 Å². The van der Waals surface area contributed by atoms with Crippen molar-refractivity contribution in [3.63, 3.8) is 0 Å². The summed E-state index contributed by atoms with van der Waals surface area (Å²) >= 11 is 0. The monoisotopic (exact) mass is 194 g/mol. The van der Waals surface area contributed by atoms with Crippen molar-refractivity contribution in [2.75, 3.05) is 13.7 Å². The third kappa shape index (κ3) is 2.75. The van der Waals surface area contributed by atoms with E-state index >= 15 is 0 Å². The molecule has 74 valence electrons. The Balaban J connectivity index is 2.82. The topological polar surface area (TPSA) is 29.5 Å². The summed E-state index contributed by atoms with van der Waals surface area (Å²) in [4.78, 5) is 0. The maximum Gasteiger partial charge on any atom is 0.166 e. The lowest BCUT2D eigenvalue weighted by Crippen LogP contribution is -1.88. The van der Waals surface area contributed by atoms with Crippen LogP contribution in [-0.4, -0.2) is 18.8 Å². The molecule has 1 aromatic carbocycles. The van der Waals surface area contributed by atoms with Crippen molar-refractivity contribution >= 4 is 0 Å². The first kappa shape index (κ1) is 10.6. The molecule has 0 amide bonds. The fourth-order valence-electron chi connectivity index (χ4n) is 0.965. The molecule has 14 heavy (non-hydrogen) atoms. The largest absolute Gasteiger partial charge is 0.494 e. The Hall–Kier alpha value is -1.53. The molecule has 0 saturated heterocycles. The second-order valence-corrected chi connectivity index (χ2v) is 2.62. The van der Waals surface area contributed by atoms with Gasteiger partial charge in [0.25, 0.3) is 0 Å². The Bertz CT molecular complexity index is 363. The highest BCUT2D eigenvalue weighted by atomic mass is 19.1. The highest BCUT2D eigenvalue weighted by molar-refractivity contribution is 5.39. The average molecular weight is 194 g/mol. The second-order valence-electron chi connectivity index (χ2n) is 2.62. The SMILES string of the molecule is COc1ccc(C#CCCO)cc1F. The van der Waals surface area contributed by atoms with Crippen molar-refractivity contribution in [1.29, 1.82) is 0 Å². The van der Waals surface area contributed by atoms with Crippen molar-refractivity contribution in [3.05, 3.63) is 29.6 Å². The van der Waals surface area contributed by atoms with Crippen LogP contribution in [0.5, 0.6) is 5.75 Å². The lowest BCUT2D eigenvalue weighted by atomic mass is 10.2. The highest BCUT2D eigenvalue weighted by Gasteiger charge is 2.00. The van der Waals surface area contributed by atoms with E-state index in [0.29, 0.717) is 12.0 Å². The van der Waals surface area contributed by atoms with Gasteiger partial charge in [-0.3, -0.25) is 0 Å². The number of methoxy groups -OCH3 is 1. The Labute approximate surface area is 82.3 Å². The molecular formula is C11H11FO2. The van der Waals surface area contributed by atoms with Crippen LogP contribution in [0.4, 0.5) is 4.39 Å². The van der Waals surface area contributed by atoms with Crippen LogP contribution in [0.15, 0.2) is 18.2 Å². The van der Waals surface area contributed by atoms with Gasteiger partial charge in [0.2, 0.25) is 0 Å². The van der Waals surface area contributed by atoms with Crippen molar-refractivity contribution in [2.45, 2.75) is 6.42 Å². The molecule has 2 nitrogen and oxygen atoms in total. The molecule has 1 N–H and O–H groups in total. The number of hydrogen-bond donors (Lipinski definition) is 1. The Morgan fingerprint density at radius 2 is 2.29 bits per heavy atom. The second kappa shape index (κ2) is 5.25. The minimum absolute atomic E-state index is 0.0195. The van der Waals surface area contributed by atoms with Crippen LogP contribution in [0, 0.1) is 17.7 Å². The minimum Gasteiger partial charge on any atom is -0.494 e. The van der Waals surface area contributed by atoms with Crippen molar-refractivity contribution < 1.29 is 14.2 Å². The van der Waals surface area contributed by atoms with E-state index in [2.05, 4.69) is 11.8 Å². The van der Waals surface area contributed by atoms with E-state index in [9.17, 15) is 4.39 Å². The Morgan fingerprint density at radius 1 is 1.50 bits per heavy atom. The molecule has 1 aromatic rings. The number of rotatable bonds is 2. The fourth-order valence-corrected chi connectivity index (χ4v) is 0.965. The van der Waals surface area contributed by atoms with E-state index in [4.69, 9.17) is 9.84 Å². The zero-order valence-electron chi connectivity index (χ0n) is 7.88. The highest BCUT2D eigenvalue weighted by Crippen LogP contribution is 2.16. The normalized spacial score (nSPS) is 9.07. The van der Waals surface area contributed by atoms with Gasteiger partial charge in [0.1, 0.15) is 0 Å². The number of halogens is 1. The summed E-state index contributed by atoms with van der Waals surface area (Å²) in [5, 5.41) is 8.48. The van der Waals surface area contributed by atoms with Crippen LogP contribution in [0.2, 0.25) is 0 Å². The molecule has 0 heterocycles. The molecule has 3 heteroatoms. The molecule has 0 fully saturated rings. The van der Waals surface area contributed by atoms with Crippen LogP contribution in [0.1, 0.15) is 12.0 Å². The smallest absolute Gasteiger partial charge is 0.166 e. The third-order valence-electron chi connectivity index (χ3n) is 1.62. The maximum atomic E-state index is 13.1. The molecule has 0 saturated carbocycles. The predicted octanol–water partition coefficient (Wildman–Crippen LogP) is 1.57. The first-order chi connectivity index (χ1) is 6.77. The van der Waals surface area contributed by atoms with E-state index < -0.39 is 5.82 Å². The molecule has 0 aliphatic heterocycles. The van der Waals surface area contributed by atoms with E-state index in [-0.39, 0.29) is 12.4 Å². The average Bonchev–Trinajstić information content (AvgIpc) is 2.18. The van der Waals surface area contributed by atoms with Gasteiger partial charge in [-0.1, -0.05) is 11.8 Å². The lowest BCUT2D eigenvalue weighted by molar-refractivity contribution is 0.305. The van der Waals surface area contributed by atoms with Crippen LogP contribution in [0.3, 0.4) is 0 Å². The van der Waals surface area contributed by atoms with E-state index in [1.807, 2.05) is 0 Å². The van der Waals surface area contributed by atoms with Crippen molar-refractivity contribution in [3.8, 4) is 17.6 Å². The lowest BCUT2D eigenvalue weighted by Gasteiger charge is -2.00. The van der Waals surface area contributed by atoms with Gasteiger partial charge in [0, 0.05) is 12.0 Å². The third-order valence-corrected chi connectivity index (χ3v) is 1.62. The first-order valence-electron chi connectivity index (χ1n) is 4.21. The molecular weight excluding hydrogens is 183 g/mol. The number of aliphatic hydroxyl groups excluding tert-OH is 1. The summed E-state index contributed by atoms with van der Waals surface area (Å²) in [5.41, 5.74) is 0.580. The maximum absolute atomic E-state index is 13.1. The number of benzene rings is 1. The number of hydrogen-bond acceptors (Lipinski definition) is 2. The zero-order valence-corrected chi connectivity index (χ0v) is 7.88. The van der Waals surface area contributed by atoms with Crippen molar-refractivity contribution in [2.24, 2.45) is 0 Å². The molecule has 0 unspecified atom stereocenters. The summed E-state index contributed by atoms with van der Waals surface area (Å²) in [6, 6.07) is 4.51. The number of aliphatic hydroxyl groups is 1. The molecule has 0 atom stereocenters. The van der Waals surface area contributed by atoms with Gasteiger partial charge in [0.05, 0.1) is 13.7 Å². The number of ether oxygens (including phenoxy) is 1. The molecule has 0 aliphatic rings. The molecule has 0 spiro atoms. The van der Waals surface area contributed by atoms with Crippen LogP contribution >= 0.6 is 0 Å². The molecule has 0 aliphatic carbocycles. The van der Waals surface area contributed by atoms with Crippen LogP contribution in [-0.2, 0) is 0 Å². The van der Waals surface area contributed by atoms with Gasteiger partial charge in [-0.25, -0.2) is 4.39 Å². The minimum atomic E-state index is -0.428. The molecule has 1 rings (SSSR count). The summed E-state index contributed by atoms with van der Waals surface area (Å²) in [5.74, 6) is 5.22. The molecule has 0 radical (unpaired) electrons. The standard InChI is InChI=1S/C11H11FO2/c1-14-11-6-5-9(8-10(11)12)4-2-3-7-13/h5-6,8,13H,3,7H2,1H3. The van der Waals surface area contributed by atoms with Gasteiger partial charge >= 0.3 is 0 Å². The summed E-state index contributed by atoms with van der Waals surface area (Å²) < 4.78 is 17.9. The quantitative estimate of drug-likeness (QED) is 0.724.